The van der Waals surface area contributed by atoms with Gasteiger partial charge in [-0.15, -0.1) is 0 Å². The van der Waals surface area contributed by atoms with E-state index in [4.69, 9.17) is 5.11 Å². The lowest BCUT2D eigenvalue weighted by atomic mass is 10.2. The van der Waals surface area contributed by atoms with Crippen LogP contribution in [-0.4, -0.2) is 49.2 Å². The molecule has 1 N–H and O–H groups in total. The highest BCUT2D eigenvalue weighted by molar-refractivity contribution is 5.80. The summed E-state index contributed by atoms with van der Waals surface area (Å²) in [6.07, 6.45) is -0.806. The molecule has 0 aliphatic carbocycles. The van der Waals surface area contributed by atoms with Gasteiger partial charge in [-0.3, -0.25) is 4.79 Å². The van der Waals surface area contributed by atoms with E-state index in [1.807, 2.05) is 21.1 Å². The monoisotopic (exact) mass is 181 g/mol. The van der Waals surface area contributed by atoms with Crippen molar-refractivity contribution < 1.29 is 26.8 Å². The maximum Gasteiger partial charge on any atom is 0.164 e. The zero-order valence-corrected chi connectivity index (χ0v) is 8.22. The quantitative estimate of drug-likeness (QED) is 0.462. The molecule has 0 spiro atoms. The summed E-state index contributed by atoms with van der Waals surface area (Å²) in [4.78, 5) is 10.6. The molecule has 1 atom stereocenters. The van der Waals surface area contributed by atoms with Crippen LogP contribution in [0.4, 0.5) is 0 Å². The Labute approximate surface area is 74.0 Å². The minimum Gasteiger partial charge on any atom is -1.00 e. The molecule has 0 aromatic heterocycles. The lowest BCUT2D eigenvalue weighted by molar-refractivity contribution is -0.872. The highest BCUT2D eigenvalue weighted by Crippen LogP contribution is 1.95. The topological polar surface area (TPSA) is 37.3 Å². The van der Waals surface area contributed by atoms with Crippen LogP contribution in [0.1, 0.15) is 6.92 Å². The van der Waals surface area contributed by atoms with Crippen molar-refractivity contribution in [1.29, 1.82) is 0 Å². The average Bonchev–Trinajstić information content (AvgIpc) is 1.60. The van der Waals surface area contributed by atoms with Gasteiger partial charge in [0.1, 0.15) is 6.54 Å². The Kier molecular flexibility index (Phi) is 5.75. The highest BCUT2D eigenvalue weighted by atomic mass is 35.5. The first-order chi connectivity index (χ1) is 4.33. The van der Waals surface area contributed by atoms with Gasteiger partial charge in [-0.1, -0.05) is 0 Å². The van der Waals surface area contributed by atoms with Crippen molar-refractivity contribution in [3.63, 3.8) is 0 Å². The summed E-state index contributed by atoms with van der Waals surface area (Å²) in [6, 6.07) is 0. The van der Waals surface area contributed by atoms with Crippen LogP contribution in [0.5, 0.6) is 0 Å². The second kappa shape index (κ2) is 4.70. The summed E-state index contributed by atoms with van der Waals surface area (Å²) in [5, 5.41) is 9.10. The number of nitrogens with zero attached hydrogens (tertiary/aromatic N) is 1. The van der Waals surface area contributed by atoms with Crippen LogP contribution >= 0.6 is 0 Å². The van der Waals surface area contributed by atoms with E-state index in [2.05, 4.69) is 0 Å². The molecule has 0 rings (SSSR count). The van der Waals surface area contributed by atoms with Gasteiger partial charge in [0, 0.05) is 0 Å². The first-order valence-electron chi connectivity index (χ1n) is 3.32. The van der Waals surface area contributed by atoms with E-state index in [0.717, 1.165) is 0 Å². The van der Waals surface area contributed by atoms with E-state index in [-0.39, 0.29) is 18.2 Å². The number of carbonyl (C=O) groups excluding carboxylic acids is 1. The molecule has 0 aromatic rings. The van der Waals surface area contributed by atoms with Gasteiger partial charge in [0.2, 0.25) is 0 Å². The molecule has 0 bridgehead atoms. The van der Waals surface area contributed by atoms with Crippen molar-refractivity contribution in [2.45, 2.75) is 13.0 Å². The Balaban J connectivity index is 0. The second-order valence-electron chi connectivity index (χ2n) is 3.60. The van der Waals surface area contributed by atoms with E-state index in [9.17, 15) is 4.79 Å². The van der Waals surface area contributed by atoms with E-state index in [1.165, 1.54) is 6.92 Å². The Hall–Kier alpha value is -0.120. The van der Waals surface area contributed by atoms with E-state index >= 15 is 0 Å². The smallest absolute Gasteiger partial charge is 0.164 e. The molecule has 0 amide bonds. The van der Waals surface area contributed by atoms with Crippen LogP contribution in [0.3, 0.4) is 0 Å². The number of likely N-dealkylation sites (N-methyl/N-ethyl adjacent to an activating group) is 1. The lowest BCUT2D eigenvalue weighted by Crippen LogP contribution is -3.00. The zero-order valence-electron chi connectivity index (χ0n) is 7.47. The van der Waals surface area contributed by atoms with Crippen LogP contribution in [0.2, 0.25) is 0 Å². The fourth-order valence-corrected chi connectivity index (χ4v) is 0.647. The molecule has 0 fully saturated rings. The van der Waals surface area contributed by atoms with Gasteiger partial charge in [0.15, 0.2) is 11.9 Å². The number of aliphatic hydroxyl groups is 1. The third-order valence-corrected chi connectivity index (χ3v) is 1.19. The molecule has 0 saturated carbocycles. The molecule has 0 saturated heterocycles. The fraction of sp³-hybridized carbons (Fsp3) is 0.857. The molecule has 0 aliphatic rings. The van der Waals surface area contributed by atoms with Crippen molar-refractivity contribution in [2.24, 2.45) is 0 Å². The molecule has 0 heterocycles. The third-order valence-electron chi connectivity index (χ3n) is 1.19. The van der Waals surface area contributed by atoms with Gasteiger partial charge in [-0.05, 0) is 6.92 Å². The van der Waals surface area contributed by atoms with Crippen LogP contribution in [-0.2, 0) is 4.79 Å². The number of aliphatic hydroxyl groups excluding tert-OH is 1. The summed E-state index contributed by atoms with van der Waals surface area (Å²) < 4.78 is 0.612. The molecular weight excluding hydrogens is 166 g/mol. The minimum atomic E-state index is -0.806. The lowest BCUT2D eigenvalue weighted by Gasteiger charge is -2.25. The molecule has 4 heteroatoms. The van der Waals surface area contributed by atoms with Crippen LogP contribution in [0.25, 0.3) is 0 Å². The highest BCUT2D eigenvalue weighted by Gasteiger charge is 2.18. The van der Waals surface area contributed by atoms with Gasteiger partial charge in [-0.2, -0.15) is 0 Å². The maximum atomic E-state index is 10.6. The SMILES string of the molecule is CC(=O)C(O)C[N+](C)(C)C.[Cl-]. The van der Waals surface area contributed by atoms with Crippen LogP contribution in [0.15, 0.2) is 0 Å². The molecule has 0 aliphatic heterocycles. The largest absolute Gasteiger partial charge is 1.00 e. The average molecular weight is 182 g/mol. The molecule has 1 unspecified atom stereocenters. The normalized spacial score (nSPS) is 13.5. The van der Waals surface area contributed by atoms with Crippen LogP contribution in [0, 0.1) is 0 Å². The summed E-state index contributed by atoms with van der Waals surface area (Å²) in [5.41, 5.74) is 0. The molecule has 0 radical (unpaired) electrons. The summed E-state index contributed by atoms with van der Waals surface area (Å²) in [6.45, 7) is 1.88. The summed E-state index contributed by atoms with van der Waals surface area (Å²) in [7, 11) is 5.81. The van der Waals surface area contributed by atoms with Gasteiger partial charge in [0.05, 0.1) is 21.1 Å². The Morgan fingerprint density at radius 3 is 1.91 bits per heavy atom. The summed E-state index contributed by atoms with van der Waals surface area (Å²) >= 11 is 0. The second-order valence-corrected chi connectivity index (χ2v) is 3.60. The van der Waals surface area contributed by atoms with Crippen LogP contribution < -0.4 is 12.4 Å². The molecule has 68 valence electrons. The van der Waals surface area contributed by atoms with Gasteiger partial charge in [-0.25, -0.2) is 0 Å². The predicted molar refractivity (Wildman–Crippen MR) is 39.6 cm³/mol. The number of hydrogen-bond acceptors (Lipinski definition) is 2. The number of hydrogen-bond donors (Lipinski definition) is 1. The standard InChI is InChI=1S/C7H16NO2.ClH/c1-6(9)7(10)5-8(2,3)4;/h7,10H,5H2,1-4H3;1H/q+1;/p-1. The first-order valence-corrected chi connectivity index (χ1v) is 3.32. The molecule has 3 nitrogen and oxygen atoms in total. The van der Waals surface area contributed by atoms with Gasteiger partial charge in [0.25, 0.3) is 0 Å². The van der Waals surface area contributed by atoms with E-state index < -0.39 is 6.10 Å². The third kappa shape index (κ3) is 7.78. The number of halogens is 1. The minimum absolute atomic E-state index is 0. The number of ketones is 1. The number of Topliss-reactive ketones (excluding diaryl/α,β-unsaturated/α-hetero) is 1. The van der Waals surface area contributed by atoms with Crippen molar-refractivity contribution in [2.75, 3.05) is 27.7 Å². The first kappa shape index (κ1) is 13.5. The number of carbonyl (C=O) groups is 1. The fourth-order valence-electron chi connectivity index (χ4n) is 0.647. The predicted octanol–water partition coefficient (Wildman–Crippen LogP) is -3.35. The van der Waals surface area contributed by atoms with Crippen molar-refractivity contribution >= 4 is 5.78 Å². The Morgan fingerprint density at radius 2 is 1.82 bits per heavy atom. The van der Waals surface area contributed by atoms with Gasteiger partial charge < -0.3 is 22.0 Å². The maximum absolute atomic E-state index is 10.6. The zero-order chi connectivity index (χ0) is 8.36. The van der Waals surface area contributed by atoms with Crippen molar-refractivity contribution in [3.05, 3.63) is 0 Å². The van der Waals surface area contributed by atoms with Gasteiger partial charge >= 0.3 is 0 Å². The molecule has 0 aromatic carbocycles. The van der Waals surface area contributed by atoms with E-state index in [0.29, 0.717) is 11.0 Å². The van der Waals surface area contributed by atoms with Crippen molar-refractivity contribution in [3.8, 4) is 0 Å². The Morgan fingerprint density at radius 1 is 1.45 bits per heavy atom. The van der Waals surface area contributed by atoms with Crippen molar-refractivity contribution in [1.82, 2.24) is 0 Å². The molecule has 11 heavy (non-hydrogen) atoms. The number of rotatable bonds is 3. The molecular formula is C7H16ClNO2. The van der Waals surface area contributed by atoms with E-state index in [1.54, 1.807) is 0 Å². The Bertz CT molecular complexity index is 131. The number of quaternary nitrogens is 1. The summed E-state index contributed by atoms with van der Waals surface area (Å²) in [5.74, 6) is -0.159.